The number of aromatic nitrogens is 4. The van der Waals surface area contributed by atoms with Crippen LogP contribution in [0.15, 0.2) is 23.1 Å². The molecule has 0 unspecified atom stereocenters. The van der Waals surface area contributed by atoms with Gasteiger partial charge in [-0.1, -0.05) is 13.8 Å². The maximum absolute atomic E-state index is 11.0. The van der Waals surface area contributed by atoms with Gasteiger partial charge in [-0.15, -0.1) is 0 Å². The molecule has 90 valence electrons. The quantitative estimate of drug-likeness (QED) is 0.818. The van der Waals surface area contributed by atoms with Crippen molar-refractivity contribution in [1.82, 2.24) is 19.7 Å². The molecule has 0 aromatic carbocycles. The number of pyridine rings is 1. The van der Waals surface area contributed by atoms with Gasteiger partial charge in [0, 0.05) is 24.4 Å². The molecule has 0 amide bonds. The van der Waals surface area contributed by atoms with E-state index in [1.54, 1.807) is 12.3 Å². The minimum atomic E-state index is -0.127. The SMILES string of the molecule is CC(C)Cn1c(-c2ccc(=O)[nH]c2)n[nH]c1=S. The van der Waals surface area contributed by atoms with Crippen LogP contribution in [-0.4, -0.2) is 19.7 Å². The molecule has 0 spiro atoms. The van der Waals surface area contributed by atoms with E-state index in [0.717, 1.165) is 17.9 Å². The number of nitrogens with zero attached hydrogens (tertiary/aromatic N) is 2. The summed E-state index contributed by atoms with van der Waals surface area (Å²) in [5.74, 6) is 1.22. The molecule has 0 fully saturated rings. The lowest BCUT2D eigenvalue weighted by Crippen LogP contribution is -2.08. The van der Waals surface area contributed by atoms with Gasteiger partial charge in [0.2, 0.25) is 5.56 Å². The summed E-state index contributed by atoms with van der Waals surface area (Å²) >= 11 is 5.19. The van der Waals surface area contributed by atoms with Crippen LogP contribution in [0.3, 0.4) is 0 Å². The van der Waals surface area contributed by atoms with Crippen molar-refractivity contribution in [1.29, 1.82) is 0 Å². The molecule has 0 saturated heterocycles. The van der Waals surface area contributed by atoms with Crippen molar-refractivity contribution < 1.29 is 0 Å². The number of hydrogen-bond acceptors (Lipinski definition) is 3. The van der Waals surface area contributed by atoms with Gasteiger partial charge < -0.3 is 4.98 Å². The lowest BCUT2D eigenvalue weighted by Gasteiger charge is -2.08. The minimum absolute atomic E-state index is 0.127. The van der Waals surface area contributed by atoms with Gasteiger partial charge in [0.15, 0.2) is 10.6 Å². The number of H-pyrrole nitrogens is 2. The van der Waals surface area contributed by atoms with E-state index in [2.05, 4.69) is 29.0 Å². The second-order valence-corrected chi connectivity index (χ2v) is 4.69. The molecule has 0 aliphatic carbocycles. The summed E-state index contributed by atoms with van der Waals surface area (Å²) < 4.78 is 2.54. The third-order valence-corrected chi connectivity index (χ3v) is 2.66. The van der Waals surface area contributed by atoms with Crippen molar-refractivity contribution in [2.45, 2.75) is 20.4 Å². The summed E-state index contributed by atoms with van der Waals surface area (Å²) in [5, 5.41) is 6.97. The molecule has 2 heterocycles. The van der Waals surface area contributed by atoms with Gasteiger partial charge in [-0.05, 0) is 24.2 Å². The molecule has 0 radical (unpaired) electrons. The first-order chi connectivity index (χ1) is 8.08. The lowest BCUT2D eigenvalue weighted by molar-refractivity contribution is 0.521. The van der Waals surface area contributed by atoms with Crippen LogP contribution in [0.25, 0.3) is 11.4 Å². The lowest BCUT2D eigenvalue weighted by atomic mass is 10.2. The van der Waals surface area contributed by atoms with E-state index in [1.165, 1.54) is 6.07 Å². The van der Waals surface area contributed by atoms with Crippen LogP contribution < -0.4 is 5.56 Å². The molecule has 17 heavy (non-hydrogen) atoms. The van der Waals surface area contributed by atoms with Gasteiger partial charge in [-0.25, -0.2) is 0 Å². The van der Waals surface area contributed by atoms with E-state index in [-0.39, 0.29) is 5.56 Å². The maximum Gasteiger partial charge on any atom is 0.247 e. The van der Waals surface area contributed by atoms with Crippen LogP contribution in [0.4, 0.5) is 0 Å². The Hall–Kier alpha value is -1.69. The monoisotopic (exact) mass is 250 g/mol. The van der Waals surface area contributed by atoms with E-state index in [0.29, 0.717) is 10.7 Å². The molecule has 2 rings (SSSR count). The van der Waals surface area contributed by atoms with Crippen LogP contribution in [0.2, 0.25) is 0 Å². The summed E-state index contributed by atoms with van der Waals surface area (Å²) in [5.41, 5.74) is 0.718. The molecule has 0 bridgehead atoms. The highest BCUT2D eigenvalue weighted by Gasteiger charge is 2.09. The smallest absolute Gasteiger partial charge is 0.247 e. The fourth-order valence-electron chi connectivity index (χ4n) is 1.62. The summed E-state index contributed by atoms with van der Waals surface area (Å²) in [6, 6.07) is 3.22. The van der Waals surface area contributed by atoms with Crippen molar-refractivity contribution in [3.63, 3.8) is 0 Å². The summed E-state index contributed by atoms with van der Waals surface area (Å²) in [7, 11) is 0. The zero-order valence-corrected chi connectivity index (χ0v) is 10.5. The van der Waals surface area contributed by atoms with E-state index in [9.17, 15) is 4.79 Å². The average molecular weight is 250 g/mol. The van der Waals surface area contributed by atoms with Crippen molar-refractivity contribution >= 4 is 12.2 Å². The first-order valence-corrected chi connectivity index (χ1v) is 5.83. The highest BCUT2D eigenvalue weighted by atomic mass is 32.1. The van der Waals surface area contributed by atoms with E-state index < -0.39 is 0 Å². The number of nitrogens with one attached hydrogen (secondary N) is 2. The fraction of sp³-hybridized carbons (Fsp3) is 0.364. The number of hydrogen-bond donors (Lipinski definition) is 2. The van der Waals surface area contributed by atoms with Gasteiger partial charge in [-0.3, -0.25) is 14.5 Å². The minimum Gasteiger partial charge on any atom is -0.328 e. The summed E-state index contributed by atoms with van der Waals surface area (Å²) in [6.07, 6.45) is 1.64. The Kier molecular flexibility index (Phi) is 3.23. The predicted molar refractivity (Wildman–Crippen MR) is 68.3 cm³/mol. The van der Waals surface area contributed by atoms with Gasteiger partial charge in [-0.2, -0.15) is 5.10 Å². The molecule has 0 atom stereocenters. The van der Waals surface area contributed by atoms with E-state index in [4.69, 9.17) is 12.2 Å². The summed E-state index contributed by atoms with van der Waals surface area (Å²) in [6.45, 7) is 5.03. The fourth-order valence-corrected chi connectivity index (χ4v) is 1.83. The Balaban J connectivity index is 2.48. The first-order valence-electron chi connectivity index (χ1n) is 5.42. The topological polar surface area (TPSA) is 66.5 Å². The largest absolute Gasteiger partial charge is 0.328 e. The van der Waals surface area contributed by atoms with E-state index in [1.807, 2.05) is 4.57 Å². The molecule has 6 heteroatoms. The molecule has 2 aromatic heterocycles. The average Bonchev–Trinajstić information content (AvgIpc) is 2.61. The van der Waals surface area contributed by atoms with Crippen LogP contribution in [0.5, 0.6) is 0 Å². The van der Waals surface area contributed by atoms with Crippen LogP contribution >= 0.6 is 12.2 Å². The zero-order valence-electron chi connectivity index (χ0n) is 9.73. The van der Waals surface area contributed by atoms with Gasteiger partial charge >= 0.3 is 0 Å². The molecule has 2 aromatic rings. The van der Waals surface area contributed by atoms with Crippen molar-refractivity contribution in [2.75, 3.05) is 0 Å². The second-order valence-electron chi connectivity index (χ2n) is 4.30. The zero-order chi connectivity index (χ0) is 12.4. The Morgan fingerprint density at radius 3 is 2.82 bits per heavy atom. The van der Waals surface area contributed by atoms with Gasteiger partial charge in [0.25, 0.3) is 0 Å². The highest BCUT2D eigenvalue weighted by Crippen LogP contribution is 2.16. The molecule has 2 N–H and O–H groups in total. The molecule has 0 aliphatic heterocycles. The predicted octanol–water partition coefficient (Wildman–Crippen LogP) is 1.95. The summed E-state index contributed by atoms with van der Waals surface area (Å²) in [4.78, 5) is 13.6. The molecule has 0 aliphatic rings. The maximum atomic E-state index is 11.0. The van der Waals surface area contributed by atoms with E-state index >= 15 is 0 Å². The third kappa shape index (κ3) is 2.52. The Labute approximate surface area is 104 Å². The Morgan fingerprint density at radius 2 is 2.24 bits per heavy atom. The first kappa shape index (κ1) is 11.8. The number of aromatic amines is 2. The Morgan fingerprint density at radius 1 is 1.47 bits per heavy atom. The molecule has 5 nitrogen and oxygen atoms in total. The van der Waals surface area contributed by atoms with Crippen LogP contribution in [0, 0.1) is 10.7 Å². The molecular formula is C11H14N4OS. The normalized spacial score (nSPS) is 11.0. The second kappa shape index (κ2) is 4.67. The highest BCUT2D eigenvalue weighted by molar-refractivity contribution is 7.71. The van der Waals surface area contributed by atoms with Gasteiger partial charge in [0.05, 0.1) is 0 Å². The van der Waals surface area contributed by atoms with Crippen molar-refractivity contribution in [3.05, 3.63) is 33.5 Å². The van der Waals surface area contributed by atoms with Crippen LogP contribution in [-0.2, 0) is 6.54 Å². The standard InChI is InChI=1S/C11H14N4OS/c1-7(2)6-15-10(13-14-11(15)17)8-3-4-9(16)12-5-8/h3-5,7H,6H2,1-2H3,(H,12,16)(H,14,17). The Bertz CT molecular complexity index is 602. The molecule has 0 saturated carbocycles. The van der Waals surface area contributed by atoms with Gasteiger partial charge in [0.1, 0.15) is 0 Å². The van der Waals surface area contributed by atoms with Crippen LogP contribution in [0.1, 0.15) is 13.8 Å². The number of rotatable bonds is 3. The molecular weight excluding hydrogens is 236 g/mol. The third-order valence-electron chi connectivity index (χ3n) is 2.35. The van der Waals surface area contributed by atoms with Crippen molar-refractivity contribution in [2.24, 2.45) is 5.92 Å². The van der Waals surface area contributed by atoms with Crippen molar-refractivity contribution in [3.8, 4) is 11.4 Å².